The highest BCUT2D eigenvalue weighted by Gasteiger charge is 2.15. The van der Waals surface area contributed by atoms with Crippen molar-refractivity contribution in [3.05, 3.63) is 101 Å². The van der Waals surface area contributed by atoms with Crippen molar-refractivity contribution >= 4 is 0 Å². The van der Waals surface area contributed by atoms with Crippen molar-refractivity contribution in [1.82, 2.24) is 14.5 Å². The SMILES string of the molecule is CCc1ccc(-n2cc(-c3ccccn3)cc(-c3ccccc3C#N)c2=O)cn1. The Morgan fingerprint density at radius 1 is 1.00 bits per heavy atom. The molecule has 0 amide bonds. The summed E-state index contributed by atoms with van der Waals surface area (Å²) in [6.45, 7) is 2.03. The van der Waals surface area contributed by atoms with Crippen LogP contribution in [-0.2, 0) is 6.42 Å². The molecule has 3 aromatic heterocycles. The average Bonchev–Trinajstić information content (AvgIpc) is 2.80. The molecular weight excluding hydrogens is 360 g/mol. The summed E-state index contributed by atoms with van der Waals surface area (Å²) in [7, 11) is 0. The number of aromatic nitrogens is 3. The van der Waals surface area contributed by atoms with Crippen LogP contribution < -0.4 is 5.56 Å². The van der Waals surface area contributed by atoms with Gasteiger partial charge in [-0.3, -0.25) is 19.3 Å². The summed E-state index contributed by atoms with van der Waals surface area (Å²) in [6, 6.07) is 20.5. The third-order valence-corrected chi connectivity index (χ3v) is 4.77. The van der Waals surface area contributed by atoms with E-state index in [1.165, 1.54) is 0 Å². The summed E-state index contributed by atoms with van der Waals surface area (Å²) >= 11 is 0. The van der Waals surface area contributed by atoms with Crippen molar-refractivity contribution in [2.75, 3.05) is 0 Å². The molecule has 0 unspecified atom stereocenters. The maximum atomic E-state index is 13.4. The van der Waals surface area contributed by atoms with E-state index in [1.54, 1.807) is 47.4 Å². The van der Waals surface area contributed by atoms with Crippen LogP contribution in [0.15, 0.2) is 84.0 Å². The number of rotatable bonds is 4. The molecule has 4 rings (SSSR count). The summed E-state index contributed by atoms with van der Waals surface area (Å²) in [5.41, 5.74) is 4.45. The Labute approximate surface area is 168 Å². The zero-order valence-electron chi connectivity index (χ0n) is 15.9. The molecule has 0 atom stereocenters. The van der Waals surface area contributed by atoms with E-state index in [9.17, 15) is 10.1 Å². The lowest BCUT2D eigenvalue weighted by atomic mass is 9.99. The van der Waals surface area contributed by atoms with Gasteiger partial charge in [0.15, 0.2) is 0 Å². The molecule has 0 fully saturated rings. The number of nitriles is 1. The highest BCUT2D eigenvalue weighted by Crippen LogP contribution is 2.26. The Kier molecular flexibility index (Phi) is 5.00. The second-order valence-corrected chi connectivity index (χ2v) is 6.55. The van der Waals surface area contributed by atoms with Crippen molar-refractivity contribution in [2.24, 2.45) is 0 Å². The van der Waals surface area contributed by atoms with Gasteiger partial charge in [0.2, 0.25) is 0 Å². The van der Waals surface area contributed by atoms with Gasteiger partial charge in [-0.25, -0.2) is 0 Å². The van der Waals surface area contributed by atoms with Crippen molar-refractivity contribution < 1.29 is 0 Å². The molecule has 4 aromatic rings. The molecule has 0 radical (unpaired) electrons. The standard InChI is InChI=1S/C24H18N4O/c1-2-19-10-11-20(15-27-19)28-16-18(23-9-5-6-12-26-23)13-22(24(28)29)21-8-4-3-7-17(21)14-25/h3-13,15-16H,2H2,1H3. The topological polar surface area (TPSA) is 71.6 Å². The first kappa shape index (κ1) is 18.3. The van der Waals surface area contributed by atoms with E-state index in [2.05, 4.69) is 16.0 Å². The highest BCUT2D eigenvalue weighted by molar-refractivity contribution is 5.74. The predicted molar refractivity (Wildman–Crippen MR) is 113 cm³/mol. The van der Waals surface area contributed by atoms with Gasteiger partial charge in [0, 0.05) is 34.8 Å². The maximum Gasteiger partial charge on any atom is 0.263 e. The van der Waals surface area contributed by atoms with Crippen molar-refractivity contribution in [1.29, 1.82) is 5.26 Å². The van der Waals surface area contributed by atoms with E-state index in [0.29, 0.717) is 22.4 Å². The molecular formula is C24H18N4O. The monoisotopic (exact) mass is 378 g/mol. The van der Waals surface area contributed by atoms with Gasteiger partial charge in [-0.15, -0.1) is 0 Å². The van der Waals surface area contributed by atoms with Crippen LogP contribution >= 0.6 is 0 Å². The largest absolute Gasteiger partial charge is 0.282 e. The zero-order chi connectivity index (χ0) is 20.2. The molecule has 5 heteroatoms. The van der Waals surface area contributed by atoms with E-state index in [4.69, 9.17) is 0 Å². The molecule has 29 heavy (non-hydrogen) atoms. The Morgan fingerprint density at radius 3 is 2.52 bits per heavy atom. The fraction of sp³-hybridized carbons (Fsp3) is 0.0833. The van der Waals surface area contributed by atoms with Gasteiger partial charge in [0.05, 0.1) is 29.2 Å². The first-order chi connectivity index (χ1) is 14.2. The average molecular weight is 378 g/mol. The Balaban J connectivity index is 2.00. The van der Waals surface area contributed by atoms with Crippen LogP contribution in [-0.4, -0.2) is 14.5 Å². The Bertz CT molecular complexity index is 1250. The minimum atomic E-state index is -0.210. The van der Waals surface area contributed by atoms with E-state index in [0.717, 1.165) is 23.4 Å². The molecule has 0 aliphatic heterocycles. The lowest BCUT2D eigenvalue weighted by Gasteiger charge is -2.13. The highest BCUT2D eigenvalue weighted by atomic mass is 16.1. The second-order valence-electron chi connectivity index (χ2n) is 6.55. The van der Waals surface area contributed by atoms with Gasteiger partial charge in [-0.05, 0) is 42.8 Å². The second kappa shape index (κ2) is 7.91. The molecule has 0 aliphatic rings. The van der Waals surface area contributed by atoms with Gasteiger partial charge < -0.3 is 0 Å². The fourth-order valence-corrected chi connectivity index (χ4v) is 3.22. The summed E-state index contributed by atoms with van der Waals surface area (Å²) in [6.07, 6.45) is 6.00. The lowest BCUT2D eigenvalue weighted by Crippen LogP contribution is -2.20. The Morgan fingerprint density at radius 2 is 1.83 bits per heavy atom. The summed E-state index contributed by atoms with van der Waals surface area (Å²) in [5, 5.41) is 9.52. The van der Waals surface area contributed by atoms with Gasteiger partial charge in [-0.1, -0.05) is 31.2 Å². The molecule has 0 N–H and O–H groups in total. The van der Waals surface area contributed by atoms with Gasteiger partial charge in [0.1, 0.15) is 0 Å². The normalized spacial score (nSPS) is 10.5. The number of hydrogen-bond donors (Lipinski definition) is 0. The van der Waals surface area contributed by atoms with E-state index in [-0.39, 0.29) is 5.56 Å². The molecule has 5 nitrogen and oxygen atoms in total. The number of benzene rings is 1. The molecule has 0 bridgehead atoms. The van der Waals surface area contributed by atoms with Crippen LogP contribution in [0.5, 0.6) is 0 Å². The van der Waals surface area contributed by atoms with Gasteiger partial charge >= 0.3 is 0 Å². The summed E-state index contributed by atoms with van der Waals surface area (Å²) < 4.78 is 1.57. The lowest BCUT2D eigenvalue weighted by molar-refractivity contribution is 0.958. The molecule has 0 saturated heterocycles. The van der Waals surface area contributed by atoms with Crippen LogP contribution in [0.25, 0.3) is 28.1 Å². The van der Waals surface area contributed by atoms with Crippen LogP contribution in [0.2, 0.25) is 0 Å². The third kappa shape index (κ3) is 3.56. The minimum absolute atomic E-state index is 0.210. The third-order valence-electron chi connectivity index (χ3n) is 4.77. The van der Waals surface area contributed by atoms with Crippen molar-refractivity contribution in [2.45, 2.75) is 13.3 Å². The van der Waals surface area contributed by atoms with Crippen LogP contribution in [0.1, 0.15) is 18.2 Å². The molecule has 0 aliphatic carbocycles. The molecule has 140 valence electrons. The van der Waals surface area contributed by atoms with Crippen LogP contribution in [0.3, 0.4) is 0 Å². The number of aryl methyl sites for hydroxylation is 1. The molecule has 3 heterocycles. The zero-order valence-corrected chi connectivity index (χ0v) is 15.9. The molecule has 0 spiro atoms. The number of hydrogen-bond acceptors (Lipinski definition) is 4. The summed E-state index contributed by atoms with van der Waals surface area (Å²) in [5.74, 6) is 0. The Hall–Kier alpha value is -4.04. The number of nitrogens with zero attached hydrogens (tertiary/aromatic N) is 4. The van der Waals surface area contributed by atoms with Gasteiger partial charge in [-0.2, -0.15) is 5.26 Å². The van der Waals surface area contributed by atoms with Gasteiger partial charge in [0.25, 0.3) is 5.56 Å². The predicted octanol–water partition coefficient (Wildman–Crippen LogP) is 4.40. The number of pyridine rings is 3. The van der Waals surface area contributed by atoms with E-state index < -0.39 is 0 Å². The molecule has 0 saturated carbocycles. The summed E-state index contributed by atoms with van der Waals surface area (Å²) in [4.78, 5) is 22.2. The molecule has 1 aromatic carbocycles. The van der Waals surface area contributed by atoms with E-state index in [1.807, 2.05) is 43.3 Å². The smallest absolute Gasteiger partial charge is 0.263 e. The van der Waals surface area contributed by atoms with Crippen molar-refractivity contribution in [3.8, 4) is 34.1 Å². The van der Waals surface area contributed by atoms with Crippen LogP contribution in [0.4, 0.5) is 0 Å². The maximum absolute atomic E-state index is 13.4. The first-order valence-corrected chi connectivity index (χ1v) is 9.34. The fourth-order valence-electron chi connectivity index (χ4n) is 3.22. The van der Waals surface area contributed by atoms with Crippen LogP contribution in [0, 0.1) is 11.3 Å². The minimum Gasteiger partial charge on any atom is -0.282 e. The quantitative estimate of drug-likeness (QED) is 0.528. The van der Waals surface area contributed by atoms with Crippen molar-refractivity contribution in [3.63, 3.8) is 0 Å². The first-order valence-electron chi connectivity index (χ1n) is 9.34. The van der Waals surface area contributed by atoms with E-state index >= 15 is 0 Å².